The summed E-state index contributed by atoms with van der Waals surface area (Å²) >= 11 is 4.82. The molecule has 1 aromatic carbocycles. The van der Waals surface area contributed by atoms with Crippen molar-refractivity contribution in [3.63, 3.8) is 0 Å². The minimum Gasteiger partial charge on any atom is -0.496 e. The van der Waals surface area contributed by atoms with Crippen LogP contribution in [0.25, 0.3) is 0 Å². The van der Waals surface area contributed by atoms with Gasteiger partial charge in [-0.2, -0.15) is 0 Å². The Kier molecular flexibility index (Phi) is 5.85. The minimum absolute atomic E-state index is 0.362. The molecule has 1 N–H and O–H groups in total. The van der Waals surface area contributed by atoms with Gasteiger partial charge in [-0.05, 0) is 24.6 Å². The summed E-state index contributed by atoms with van der Waals surface area (Å²) in [5, 5.41) is 8.61. The standard InChI is InChI=1S/C12H15BrO3S/c1-3-11(12(14)15)17-7-8-6-9(13)4-5-10(8)16-2/h4-6,11H,3,7H2,1-2H3,(H,14,15). The third-order valence-corrected chi connectivity index (χ3v) is 4.24. The number of carboxylic acids is 1. The molecular formula is C12H15BrO3S. The summed E-state index contributed by atoms with van der Waals surface area (Å²) in [4.78, 5) is 10.9. The van der Waals surface area contributed by atoms with E-state index in [1.54, 1.807) is 7.11 Å². The first-order valence-electron chi connectivity index (χ1n) is 5.25. The third kappa shape index (κ3) is 4.24. The fourth-order valence-corrected chi connectivity index (χ4v) is 2.81. The molecule has 1 rings (SSSR count). The van der Waals surface area contributed by atoms with Crippen molar-refractivity contribution in [1.29, 1.82) is 0 Å². The molecule has 0 saturated heterocycles. The Hall–Kier alpha value is -0.680. The first-order valence-corrected chi connectivity index (χ1v) is 7.09. The van der Waals surface area contributed by atoms with Gasteiger partial charge >= 0.3 is 5.97 Å². The van der Waals surface area contributed by atoms with Crippen LogP contribution >= 0.6 is 27.7 Å². The van der Waals surface area contributed by atoms with Crippen LogP contribution < -0.4 is 4.74 Å². The highest BCUT2D eigenvalue weighted by Crippen LogP contribution is 2.29. The van der Waals surface area contributed by atoms with Crippen LogP contribution in [0.3, 0.4) is 0 Å². The smallest absolute Gasteiger partial charge is 0.316 e. The number of halogens is 1. The van der Waals surface area contributed by atoms with Gasteiger partial charge in [0.05, 0.1) is 7.11 Å². The highest BCUT2D eigenvalue weighted by atomic mass is 79.9. The molecule has 0 spiro atoms. The summed E-state index contributed by atoms with van der Waals surface area (Å²) in [7, 11) is 1.62. The second-order valence-electron chi connectivity index (χ2n) is 3.50. The van der Waals surface area contributed by atoms with Crippen LogP contribution in [0.5, 0.6) is 5.75 Å². The molecule has 0 heterocycles. The van der Waals surface area contributed by atoms with Gasteiger partial charge in [-0.1, -0.05) is 22.9 Å². The van der Waals surface area contributed by atoms with Gasteiger partial charge < -0.3 is 9.84 Å². The van der Waals surface area contributed by atoms with Crippen LogP contribution in [0.4, 0.5) is 0 Å². The van der Waals surface area contributed by atoms with E-state index in [1.165, 1.54) is 11.8 Å². The van der Waals surface area contributed by atoms with Crippen molar-refractivity contribution in [2.75, 3.05) is 7.11 Å². The van der Waals surface area contributed by atoms with E-state index < -0.39 is 5.97 Å². The molecular weight excluding hydrogens is 304 g/mol. The SMILES string of the molecule is CCC(SCc1cc(Br)ccc1OC)C(=O)O. The molecule has 0 aliphatic heterocycles. The Morgan fingerprint density at radius 3 is 2.82 bits per heavy atom. The van der Waals surface area contributed by atoms with Crippen LogP contribution in [0.15, 0.2) is 22.7 Å². The van der Waals surface area contributed by atoms with Crippen molar-refractivity contribution >= 4 is 33.7 Å². The summed E-state index contributed by atoms with van der Waals surface area (Å²) in [5.74, 6) is 0.667. The fraction of sp³-hybridized carbons (Fsp3) is 0.417. The number of methoxy groups -OCH3 is 1. The summed E-state index contributed by atoms with van der Waals surface area (Å²) in [6.45, 7) is 1.88. The molecule has 0 aliphatic carbocycles. The average molecular weight is 319 g/mol. The number of carbonyl (C=O) groups is 1. The lowest BCUT2D eigenvalue weighted by atomic mass is 10.2. The zero-order valence-corrected chi connectivity index (χ0v) is 12.2. The molecule has 1 unspecified atom stereocenters. The van der Waals surface area contributed by atoms with E-state index in [0.29, 0.717) is 12.2 Å². The Bertz CT molecular complexity index is 395. The maximum atomic E-state index is 10.9. The number of hydrogen-bond acceptors (Lipinski definition) is 3. The van der Waals surface area contributed by atoms with Gasteiger partial charge in [0.25, 0.3) is 0 Å². The van der Waals surface area contributed by atoms with Gasteiger partial charge in [0, 0.05) is 15.8 Å². The van der Waals surface area contributed by atoms with Crippen LogP contribution in [0.2, 0.25) is 0 Å². The molecule has 0 amide bonds. The number of carboxylic acid groups (broad SMARTS) is 1. The van der Waals surface area contributed by atoms with Crippen LogP contribution in [-0.2, 0) is 10.5 Å². The number of aliphatic carboxylic acids is 1. The van der Waals surface area contributed by atoms with E-state index in [-0.39, 0.29) is 5.25 Å². The van der Waals surface area contributed by atoms with Crippen molar-refractivity contribution in [2.45, 2.75) is 24.3 Å². The lowest BCUT2D eigenvalue weighted by Crippen LogP contribution is -2.15. The highest BCUT2D eigenvalue weighted by Gasteiger charge is 2.16. The minimum atomic E-state index is -0.758. The normalized spacial score (nSPS) is 12.2. The second-order valence-corrected chi connectivity index (χ2v) is 5.61. The molecule has 1 atom stereocenters. The molecule has 5 heteroatoms. The third-order valence-electron chi connectivity index (χ3n) is 2.33. The molecule has 0 bridgehead atoms. The molecule has 0 radical (unpaired) electrons. The fourth-order valence-electron chi connectivity index (χ4n) is 1.41. The molecule has 94 valence electrons. The van der Waals surface area contributed by atoms with Crippen molar-refractivity contribution < 1.29 is 14.6 Å². The zero-order chi connectivity index (χ0) is 12.8. The number of rotatable bonds is 6. The summed E-state index contributed by atoms with van der Waals surface area (Å²) in [6, 6.07) is 5.74. The van der Waals surface area contributed by atoms with Crippen molar-refractivity contribution in [3.8, 4) is 5.75 Å². The molecule has 0 aromatic heterocycles. The number of ether oxygens (including phenoxy) is 1. The van der Waals surface area contributed by atoms with E-state index in [4.69, 9.17) is 9.84 Å². The first-order chi connectivity index (χ1) is 8.08. The number of benzene rings is 1. The Morgan fingerprint density at radius 2 is 2.29 bits per heavy atom. The molecule has 3 nitrogen and oxygen atoms in total. The maximum Gasteiger partial charge on any atom is 0.316 e. The van der Waals surface area contributed by atoms with Gasteiger partial charge in [-0.15, -0.1) is 11.8 Å². The molecule has 1 aromatic rings. The lowest BCUT2D eigenvalue weighted by Gasteiger charge is -2.12. The monoisotopic (exact) mass is 318 g/mol. The molecule has 0 fully saturated rings. The van der Waals surface area contributed by atoms with Gasteiger partial charge in [-0.25, -0.2) is 0 Å². The summed E-state index contributed by atoms with van der Waals surface area (Å²) in [6.07, 6.45) is 0.621. The largest absolute Gasteiger partial charge is 0.496 e. The van der Waals surface area contributed by atoms with E-state index in [2.05, 4.69) is 15.9 Å². The molecule has 0 aliphatic rings. The predicted molar refractivity (Wildman–Crippen MR) is 73.7 cm³/mol. The van der Waals surface area contributed by atoms with Crippen LogP contribution in [0.1, 0.15) is 18.9 Å². The average Bonchev–Trinajstić information content (AvgIpc) is 2.29. The van der Waals surface area contributed by atoms with Gasteiger partial charge in [0.15, 0.2) is 0 Å². The predicted octanol–water partition coefficient (Wildman–Crippen LogP) is 3.55. The Morgan fingerprint density at radius 1 is 1.59 bits per heavy atom. The highest BCUT2D eigenvalue weighted by molar-refractivity contribution is 9.10. The summed E-state index contributed by atoms with van der Waals surface area (Å²) < 4.78 is 6.21. The van der Waals surface area contributed by atoms with Gasteiger partial charge in [0.2, 0.25) is 0 Å². The zero-order valence-electron chi connectivity index (χ0n) is 9.77. The Labute approximate surface area is 114 Å². The summed E-state index contributed by atoms with van der Waals surface area (Å²) in [5.41, 5.74) is 1.01. The van der Waals surface area contributed by atoms with Crippen molar-refractivity contribution in [1.82, 2.24) is 0 Å². The maximum absolute atomic E-state index is 10.9. The van der Waals surface area contributed by atoms with E-state index >= 15 is 0 Å². The first kappa shape index (κ1) is 14.4. The van der Waals surface area contributed by atoms with E-state index in [0.717, 1.165) is 15.8 Å². The van der Waals surface area contributed by atoms with E-state index in [1.807, 2.05) is 25.1 Å². The second kappa shape index (κ2) is 6.91. The van der Waals surface area contributed by atoms with Gasteiger partial charge in [0.1, 0.15) is 11.0 Å². The number of hydrogen-bond donors (Lipinski definition) is 1. The quantitative estimate of drug-likeness (QED) is 0.871. The lowest BCUT2D eigenvalue weighted by molar-refractivity contribution is -0.136. The van der Waals surface area contributed by atoms with E-state index in [9.17, 15) is 4.79 Å². The number of thioether (sulfide) groups is 1. The van der Waals surface area contributed by atoms with Crippen molar-refractivity contribution in [2.24, 2.45) is 0 Å². The topological polar surface area (TPSA) is 46.5 Å². The molecule has 0 saturated carbocycles. The Balaban J connectivity index is 2.73. The molecule has 17 heavy (non-hydrogen) atoms. The van der Waals surface area contributed by atoms with Crippen molar-refractivity contribution in [3.05, 3.63) is 28.2 Å². The van der Waals surface area contributed by atoms with Crippen LogP contribution in [0, 0.1) is 0 Å². The van der Waals surface area contributed by atoms with Crippen LogP contribution in [-0.4, -0.2) is 23.4 Å². The van der Waals surface area contributed by atoms with Gasteiger partial charge in [-0.3, -0.25) is 4.79 Å².